The monoisotopic (exact) mass is 506 g/mol. The highest BCUT2D eigenvalue weighted by Gasteiger charge is 2.34. The minimum absolute atomic E-state index is 0. The Kier molecular flexibility index (Phi) is 9.54. The van der Waals surface area contributed by atoms with Gasteiger partial charge in [0, 0.05) is 50.7 Å². The van der Waals surface area contributed by atoms with E-state index in [2.05, 4.69) is 10.2 Å². The summed E-state index contributed by atoms with van der Waals surface area (Å²) in [7, 11) is -3.45. The van der Waals surface area contributed by atoms with Crippen LogP contribution in [0.5, 0.6) is 0 Å². The third-order valence-electron chi connectivity index (χ3n) is 5.67. The molecule has 2 aliphatic heterocycles. The summed E-state index contributed by atoms with van der Waals surface area (Å²) in [5, 5.41) is 4.75. The minimum atomic E-state index is -3.45. The predicted octanol–water partition coefficient (Wildman–Crippen LogP) is 2.02. The molecular formula is C21H35ClN4O4S2. The molecular weight excluding hydrogens is 472 g/mol. The van der Waals surface area contributed by atoms with Crippen molar-refractivity contribution in [3.8, 4) is 0 Å². The molecule has 2 amide bonds. The Morgan fingerprint density at radius 2 is 1.78 bits per heavy atom. The first kappa shape index (κ1) is 27.0. The Hall–Kier alpha value is -1.20. The van der Waals surface area contributed by atoms with Gasteiger partial charge >= 0.3 is 0 Å². The number of rotatable bonds is 5. The van der Waals surface area contributed by atoms with Crippen LogP contribution >= 0.6 is 23.7 Å². The average molecular weight is 507 g/mol. The fourth-order valence-electron chi connectivity index (χ4n) is 4.15. The molecule has 182 valence electrons. The van der Waals surface area contributed by atoms with Crippen LogP contribution in [0.4, 0.5) is 0 Å². The van der Waals surface area contributed by atoms with Crippen LogP contribution in [0.3, 0.4) is 0 Å². The van der Waals surface area contributed by atoms with Crippen LogP contribution in [-0.2, 0) is 19.6 Å². The van der Waals surface area contributed by atoms with Crippen molar-refractivity contribution in [1.29, 1.82) is 0 Å². The molecule has 0 aliphatic carbocycles. The Morgan fingerprint density at radius 3 is 2.38 bits per heavy atom. The molecule has 0 unspecified atom stereocenters. The maximum atomic E-state index is 13.1. The summed E-state index contributed by atoms with van der Waals surface area (Å²) >= 11 is 1.22. The lowest BCUT2D eigenvalue weighted by Gasteiger charge is -2.33. The first-order valence-corrected chi connectivity index (χ1v) is 13.2. The Balaban J connectivity index is 0.00000363. The Labute approximate surface area is 201 Å². The van der Waals surface area contributed by atoms with E-state index in [4.69, 9.17) is 0 Å². The Bertz CT molecular complexity index is 863. The maximum Gasteiger partial charge on any atom is 0.252 e. The van der Waals surface area contributed by atoms with Gasteiger partial charge in [-0.1, -0.05) is 6.07 Å². The molecule has 0 radical (unpaired) electrons. The van der Waals surface area contributed by atoms with Crippen molar-refractivity contribution in [2.75, 3.05) is 45.8 Å². The molecule has 1 aromatic rings. The molecule has 0 bridgehead atoms. The van der Waals surface area contributed by atoms with Crippen LogP contribution < -0.4 is 5.32 Å². The number of hydrogen-bond donors (Lipinski definition) is 1. The van der Waals surface area contributed by atoms with Crippen LogP contribution in [0, 0.1) is 5.92 Å². The number of amides is 2. The van der Waals surface area contributed by atoms with Crippen molar-refractivity contribution >= 4 is 45.6 Å². The molecule has 32 heavy (non-hydrogen) atoms. The first-order chi connectivity index (χ1) is 14.6. The van der Waals surface area contributed by atoms with Crippen molar-refractivity contribution in [2.45, 2.75) is 49.8 Å². The van der Waals surface area contributed by atoms with Gasteiger partial charge in [0.15, 0.2) is 0 Å². The van der Waals surface area contributed by atoms with E-state index in [9.17, 15) is 18.0 Å². The molecule has 2 aliphatic rings. The third-order valence-corrected chi connectivity index (χ3v) is 8.95. The van der Waals surface area contributed by atoms with E-state index in [1.54, 1.807) is 17.5 Å². The van der Waals surface area contributed by atoms with Gasteiger partial charge in [0.1, 0.15) is 4.21 Å². The summed E-state index contributed by atoms with van der Waals surface area (Å²) in [6.07, 6.45) is 1.94. The van der Waals surface area contributed by atoms with Gasteiger partial charge in [-0.05, 0) is 51.5 Å². The van der Waals surface area contributed by atoms with Gasteiger partial charge in [-0.2, -0.15) is 4.31 Å². The van der Waals surface area contributed by atoms with E-state index >= 15 is 0 Å². The number of piperidine rings is 1. The van der Waals surface area contributed by atoms with Crippen molar-refractivity contribution in [1.82, 2.24) is 19.4 Å². The second kappa shape index (κ2) is 11.3. The van der Waals surface area contributed by atoms with Crippen LogP contribution in [0.25, 0.3) is 0 Å². The van der Waals surface area contributed by atoms with Gasteiger partial charge in [0.05, 0.1) is 6.54 Å². The van der Waals surface area contributed by atoms with Gasteiger partial charge in [0.2, 0.25) is 11.8 Å². The summed E-state index contributed by atoms with van der Waals surface area (Å²) in [6, 6.07) is 3.37. The van der Waals surface area contributed by atoms with Crippen LogP contribution in [0.2, 0.25) is 0 Å². The second-order valence-corrected chi connectivity index (χ2v) is 12.5. The number of nitrogens with one attached hydrogen (secondary N) is 1. The lowest BCUT2D eigenvalue weighted by atomic mass is 9.96. The predicted molar refractivity (Wildman–Crippen MR) is 129 cm³/mol. The van der Waals surface area contributed by atoms with Crippen molar-refractivity contribution in [3.63, 3.8) is 0 Å². The molecule has 2 saturated heterocycles. The highest BCUT2D eigenvalue weighted by atomic mass is 35.5. The van der Waals surface area contributed by atoms with Crippen molar-refractivity contribution in [2.24, 2.45) is 5.92 Å². The highest BCUT2D eigenvalue weighted by molar-refractivity contribution is 7.91. The van der Waals surface area contributed by atoms with Crippen molar-refractivity contribution < 1.29 is 18.0 Å². The third kappa shape index (κ3) is 7.15. The molecule has 0 atom stereocenters. The van der Waals surface area contributed by atoms with E-state index in [0.717, 1.165) is 13.0 Å². The zero-order valence-corrected chi connectivity index (χ0v) is 21.5. The second-order valence-electron chi connectivity index (χ2n) is 9.36. The Morgan fingerprint density at radius 1 is 1.09 bits per heavy atom. The van der Waals surface area contributed by atoms with Gasteiger partial charge in [-0.25, -0.2) is 8.42 Å². The van der Waals surface area contributed by atoms with Crippen molar-refractivity contribution in [3.05, 3.63) is 17.5 Å². The highest BCUT2D eigenvalue weighted by Crippen LogP contribution is 2.27. The lowest BCUT2D eigenvalue weighted by molar-refractivity contribution is -0.136. The number of carbonyl (C=O) groups is 2. The van der Waals surface area contributed by atoms with Gasteiger partial charge in [0.25, 0.3) is 10.0 Å². The average Bonchev–Trinajstić information content (AvgIpc) is 3.15. The molecule has 0 aromatic carbocycles. The normalized spacial score (nSPS) is 19.8. The van der Waals surface area contributed by atoms with Crippen LogP contribution in [-0.4, -0.2) is 85.7 Å². The van der Waals surface area contributed by atoms with Gasteiger partial charge < -0.3 is 10.2 Å². The largest absolute Gasteiger partial charge is 0.350 e. The fourth-order valence-corrected chi connectivity index (χ4v) is 6.76. The molecule has 1 aromatic heterocycles. The summed E-state index contributed by atoms with van der Waals surface area (Å²) in [6.45, 7) is 9.75. The standard InChI is InChI=1S/C21H34N4O4S2.ClH/c1-21(2,3)22-18(26)16-23-9-5-10-24(14-13-23)20(27)17-7-11-25(12-8-17)31(28,29)19-6-4-15-30-19;/h4,6,15,17H,5,7-14,16H2,1-3H3,(H,22,26);1H. The molecule has 0 saturated carbocycles. The number of halogens is 1. The first-order valence-electron chi connectivity index (χ1n) is 10.9. The number of sulfonamides is 1. The van der Waals surface area contributed by atoms with E-state index in [1.165, 1.54) is 15.6 Å². The number of hydrogen-bond acceptors (Lipinski definition) is 6. The lowest BCUT2D eigenvalue weighted by Crippen LogP contribution is -2.47. The number of nitrogens with zero attached hydrogens (tertiary/aromatic N) is 3. The van der Waals surface area contributed by atoms with E-state index < -0.39 is 10.0 Å². The summed E-state index contributed by atoms with van der Waals surface area (Å²) in [4.78, 5) is 29.3. The zero-order chi connectivity index (χ0) is 22.6. The topological polar surface area (TPSA) is 90.0 Å². The van der Waals surface area contributed by atoms with Crippen LogP contribution in [0.1, 0.15) is 40.0 Å². The van der Waals surface area contributed by atoms with Gasteiger partial charge in [-0.15, -0.1) is 23.7 Å². The van der Waals surface area contributed by atoms with Gasteiger partial charge in [-0.3, -0.25) is 14.5 Å². The summed E-state index contributed by atoms with van der Waals surface area (Å²) in [5.41, 5.74) is -0.253. The maximum absolute atomic E-state index is 13.1. The summed E-state index contributed by atoms with van der Waals surface area (Å²) < 4.78 is 27.2. The van der Waals surface area contributed by atoms with E-state index in [-0.39, 0.29) is 35.7 Å². The van der Waals surface area contributed by atoms with E-state index in [0.29, 0.717) is 56.3 Å². The molecule has 11 heteroatoms. The summed E-state index contributed by atoms with van der Waals surface area (Å²) in [5.74, 6) is -0.00807. The minimum Gasteiger partial charge on any atom is -0.350 e. The fraction of sp³-hybridized carbons (Fsp3) is 0.714. The molecule has 3 rings (SSSR count). The SMILES string of the molecule is CC(C)(C)NC(=O)CN1CCCN(C(=O)C2CCN(S(=O)(=O)c3cccs3)CC2)CC1.Cl. The number of thiophene rings is 1. The smallest absolute Gasteiger partial charge is 0.252 e. The molecule has 1 N–H and O–H groups in total. The zero-order valence-electron chi connectivity index (χ0n) is 19.1. The molecule has 2 fully saturated rings. The molecule has 0 spiro atoms. The van der Waals surface area contributed by atoms with E-state index in [1.807, 2.05) is 25.7 Å². The van der Waals surface area contributed by atoms with Crippen LogP contribution in [0.15, 0.2) is 21.7 Å². The molecule has 8 nitrogen and oxygen atoms in total. The quantitative estimate of drug-likeness (QED) is 0.659. The molecule has 3 heterocycles. The number of carbonyl (C=O) groups excluding carboxylic acids is 2.